The van der Waals surface area contributed by atoms with Crippen molar-refractivity contribution in [3.63, 3.8) is 0 Å². The van der Waals surface area contributed by atoms with Crippen molar-refractivity contribution in [3.05, 3.63) is 23.4 Å². The number of pyridine rings is 1. The third-order valence-electron chi connectivity index (χ3n) is 3.98. The maximum atomic E-state index is 12.8. The van der Waals surface area contributed by atoms with Gasteiger partial charge in [0.05, 0.1) is 0 Å². The number of nitrogens with zero attached hydrogens (tertiary/aromatic N) is 3. The summed E-state index contributed by atoms with van der Waals surface area (Å²) in [5.74, 6) is 0.887. The number of nitrogens with one attached hydrogen (secondary N) is 1. The molecule has 1 aromatic rings. The van der Waals surface area contributed by atoms with Gasteiger partial charge in [0.25, 0.3) is 5.91 Å². The minimum absolute atomic E-state index is 0.117. The molecule has 1 amide bonds. The van der Waals surface area contributed by atoms with E-state index in [4.69, 9.17) is 0 Å². The third-order valence-corrected chi connectivity index (χ3v) is 3.98. The monoisotopic (exact) mass is 290 g/mol. The molecule has 5 nitrogen and oxygen atoms in total. The van der Waals surface area contributed by atoms with Crippen LogP contribution in [0.3, 0.4) is 0 Å². The molecule has 2 heterocycles. The summed E-state index contributed by atoms with van der Waals surface area (Å²) in [7, 11) is 3.94. The standard InChI is InChI=1S/C16H26N4O/c1-5-6-14-9-13(10-15(17-3)18-14)16(21)20-8-7-19(4)11-12(20)2/h9-10,12H,5-8,11H2,1-4H3,(H,17,18). The highest BCUT2D eigenvalue weighted by atomic mass is 16.2. The number of likely N-dealkylation sites (N-methyl/N-ethyl adjacent to an activating group) is 1. The van der Waals surface area contributed by atoms with Crippen LogP contribution in [0.15, 0.2) is 12.1 Å². The summed E-state index contributed by atoms with van der Waals surface area (Å²) in [5, 5.41) is 3.05. The minimum Gasteiger partial charge on any atom is -0.373 e. The molecule has 1 aliphatic rings. The maximum absolute atomic E-state index is 12.8. The van der Waals surface area contributed by atoms with Gasteiger partial charge in [-0.15, -0.1) is 0 Å². The van der Waals surface area contributed by atoms with E-state index in [1.807, 2.05) is 24.1 Å². The van der Waals surface area contributed by atoms with Crippen LogP contribution in [0, 0.1) is 0 Å². The lowest BCUT2D eigenvalue weighted by Gasteiger charge is -2.38. The lowest BCUT2D eigenvalue weighted by Crippen LogP contribution is -2.52. The van der Waals surface area contributed by atoms with Gasteiger partial charge in [0.15, 0.2) is 0 Å². The molecule has 0 bridgehead atoms. The summed E-state index contributed by atoms with van der Waals surface area (Å²) in [6.07, 6.45) is 1.92. The van der Waals surface area contributed by atoms with Crippen molar-refractivity contribution in [1.82, 2.24) is 14.8 Å². The second-order valence-corrected chi connectivity index (χ2v) is 5.84. The molecule has 0 aromatic carbocycles. The van der Waals surface area contributed by atoms with E-state index < -0.39 is 0 Å². The number of aryl methyl sites for hydroxylation is 1. The van der Waals surface area contributed by atoms with Gasteiger partial charge in [0, 0.05) is 44.0 Å². The number of piperazine rings is 1. The Hall–Kier alpha value is -1.62. The van der Waals surface area contributed by atoms with Crippen molar-refractivity contribution in [2.75, 3.05) is 39.0 Å². The van der Waals surface area contributed by atoms with Crippen molar-refractivity contribution in [3.8, 4) is 0 Å². The molecule has 1 fully saturated rings. The number of anilines is 1. The minimum atomic E-state index is 0.117. The Morgan fingerprint density at radius 1 is 1.43 bits per heavy atom. The Morgan fingerprint density at radius 2 is 2.19 bits per heavy atom. The number of amides is 1. The van der Waals surface area contributed by atoms with Gasteiger partial charge in [-0.1, -0.05) is 13.3 Å². The highest BCUT2D eigenvalue weighted by molar-refractivity contribution is 5.95. The molecule has 116 valence electrons. The SMILES string of the molecule is CCCc1cc(C(=O)N2CCN(C)CC2C)cc(NC)n1. The van der Waals surface area contributed by atoms with Crippen molar-refractivity contribution in [1.29, 1.82) is 0 Å². The smallest absolute Gasteiger partial charge is 0.254 e. The van der Waals surface area contributed by atoms with E-state index >= 15 is 0 Å². The first-order chi connectivity index (χ1) is 10.0. The lowest BCUT2D eigenvalue weighted by molar-refractivity contribution is 0.0533. The molecule has 1 N–H and O–H groups in total. The molecule has 1 aliphatic heterocycles. The van der Waals surface area contributed by atoms with Gasteiger partial charge in [-0.3, -0.25) is 4.79 Å². The fourth-order valence-corrected chi connectivity index (χ4v) is 2.83. The molecule has 1 atom stereocenters. The topological polar surface area (TPSA) is 48.5 Å². The largest absolute Gasteiger partial charge is 0.373 e. The van der Waals surface area contributed by atoms with Crippen molar-refractivity contribution < 1.29 is 4.79 Å². The van der Waals surface area contributed by atoms with Gasteiger partial charge in [0.2, 0.25) is 0 Å². The van der Waals surface area contributed by atoms with Gasteiger partial charge in [-0.25, -0.2) is 4.98 Å². The average molecular weight is 290 g/mol. The van der Waals surface area contributed by atoms with Crippen LogP contribution in [0.5, 0.6) is 0 Å². The second kappa shape index (κ2) is 6.89. The number of rotatable bonds is 4. The molecule has 5 heteroatoms. The molecule has 1 saturated heterocycles. The quantitative estimate of drug-likeness (QED) is 0.919. The van der Waals surface area contributed by atoms with Crippen LogP contribution in [0.4, 0.5) is 5.82 Å². The second-order valence-electron chi connectivity index (χ2n) is 5.84. The van der Waals surface area contributed by atoms with Gasteiger partial charge in [0.1, 0.15) is 5.82 Å². The van der Waals surface area contributed by atoms with Crippen LogP contribution < -0.4 is 5.32 Å². The van der Waals surface area contributed by atoms with Gasteiger partial charge < -0.3 is 15.1 Å². The predicted octanol–water partition coefficient (Wildman–Crippen LogP) is 1.85. The molecule has 0 spiro atoms. The van der Waals surface area contributed by atoms with E-state index in [0.29, 0.717) is 0 Å². The Bertz CT molecular complexity index is 503. The fourth-order valence-electron chi connectivity index (χ4n) is 2.83. The summed E-state index contributed by atoms with van der Waals surface area (Å²) in [6, 6.07) is 4.04. The highest BCUT2D eigenvalue weighted by Crippen LogP contribution is 2.17. The molecule has 0 saturated carbocycles. The molecular formula is C16H26N4O. The van der Waals surface area contributed by atoms with Crippen LogP contribution in [0.25, 0.3) is 0 Å². The molecule has 0 radical (unpaired) electrons. The van der Waals surface area contributed by atoms with E-state index in [-0.39, 0.29) is 11.9 Å². The Balaban J connectivity index is 2.23. The van der Waals surface area contributed by atoms with Crippen LogP contribution in [0.2, 0.25) is 0 Å². The van der Waals surface area contributed by atoms with E-state index in [1.165, 1.54) is 0 Å². The van der Waals surface area contributed by atoms with Crippen molar-refractivity contribution >= 4 is 11.7 Å². The summed E-state index contributed by atoms with van der Waals surface area (Å²) >= 11 is 0. The normalized spacial score (nSPS) is 19.6. The molecule has 2 rings (SSSR count). The fraction of sp³-hybridized carbons (Fsp3) is 0.625. The zero-order valence-electron chi connectivity index (χ0n) is 13.5. The number of hydrogen-bond acceptors (Lipinski definition) is 4. The van der Waals surface area contributed by atoms with E-state index in [2.05, 4.69) is 36.1 Å². The van der Waals surface area contributed by atoms with Gasteiger partial charge in [-0.2, -0.15) is 0 Å². The molecular weight excluding hydrogens is 264 g/mol. The van der Waals surface area contributed by atoms with E-state index in [1.54, 1.807) is 0 Å². The molecule has 1 unspecified atom stereocenters. The predicted molar refractivity (Wildman–Crippen MR) is 85.8 cm³/mol. The first-order valence-corrected chi connectivity index (χ1v) is 7.73. The Labute approximate surface area is 127 Å². The first kappa shape index (κ1) is 15.8. The van der Waals surface area contributed by atoms with Crippen LogP contribution in [-0.2, 0) is 6.42 Å². The summed E-state index contributed by atoms with van der Waals surface area (Å²) < 4.78 is 0. The first-order valence-electron chi connectivity index (χ1n) is 7.73. The van der Waals surface area contributed by atoms with Gasteiger partial charge in [-0.05, 0) is 32.5 Å². The highest BCUT2D eigenvalue weighted by Gasteiger charge is 2.27. The zero-order valence-corrected chi connectivity index (χ0v) is 13.5. The van der Waals surface area contributed by atoms with Crippen LogP contribution in [0.1, 0.15) is 36.3 Å². The molecule has 1 aromatic heterocycles. The van der Waals surface area contributed by atoms with Crippen molar-refractivity contribution in [2.24, 2.45) is 0 Å². The van der Waals surface area contributed by atoms with E-state index in [0.717, 1.165) is 49.6 Å². The summed E-state index contributed by atoms with van der Waals surface area (Å²) in [4.78, 5) is 21.5. The Morgan fingerprint density at radius 3 is 2.81 bits per heavy atom. The number of aromatic nitrogens is 1. The van der Waals surface area contributed by atoms with Crippen LogP contribution >= 0.6 is 0 Å². The lowest BCUT2D eigenvalue weighted by atomic mass is 10.1. The number of carbonyl (C=O) groups excluding carboxylic acids is 1. The molecule has 0 aliphatic carbocycles. The Kier molecular flexibility index (Phi) is 5.17. The molecule has 21 heavy (non-hydrogen) atoms. The van der Waals surface area contributed by atoms with E-state index in [9.17, 15) is 4.79 Å². The van der Waals surface area contributed by atoms with Crippen molar-refractivity contribution in [2.45, 2.75) is 32.7 Å². The average Bonchev–Trinajstić information content (AvgIpc) is 2.46. The van der Waals surface area contributed by atoms with Gasteiger partial charge >= 0.3 is 0 Å². The summed E-state index contributed by atoms with van der Waals surface area (Å²) in [5.41, 5.74) is 1.73. The zero-order chi connectivity index (χ0) is 15.4. The van der Waals surface area contributed by atoms with Crippen LogP contribution in [-0.4, -0.2) is 60.5 Å². The summed E-state index contributed by atoms with van der Waals surface area (Å²) in [6.45, 7) is 6.88. The number of hydrogen-bond donors (Lipinski definition) is 1. The maximum Gasteiger partial charge on any atom is 0.254 e. The number of carbonyl (C=O) groups is 1. The third kappa shape index (κ3) is 3.73.